The highest BCUT2D eigenvalue weighted by atomic mass is 16.6. The molecule has 2 atom stereocenters. The zero-order valence-corrected chi connectivity index (χ0v) is 14.5. The SMILES string of the molecule is COc1ccc(=O)n(C2c3cc(C#N)ccc3OC(C)(C)C2OC)n1. The van der Waals surface area contributed by atoms with Crippen LogP contribution in [0, 0.1) is 11.3 Å². The molecular formula is C18H19N3O4. The fourth-order valence-corrected chi connectivity index (χ4v) is 3.22. The molecule has 2 aromatic rings. The molecule has 0 radical (unpaired) electrons. The van der Waals surface area contributed by atoms with Gasteiger partial charge in [-0.2, -0.15) is 5.26 Å². The average molecular weight is 341 g/mol. The van der Waals surface area contributed by atoms with Crippen molar-refractivity contribution in [2.75, 3.05) is 14.2 Å². The van der Waals surface area contributed by atoms with Gasteiger partial charge in [0.05, 0.1) is 18.7 Å². The molecule has 0 fully saturated rings. The molecule has 0 N–H and O–H groups in total. The van der Waals surface area contributed by atoms with E-state index in [9.17, 15) is 10.1 Å². The van der Waals surface area contributed by atoms with E-state index in [2.05, 4.69) is 11.2 Å². The number of ether oxygens (including phenoxy) is 3. The lowest BCUT2D eigenvalue weighted by Gasteiger charge is -2.43. The number of nitrogens with zero attached hydrogens (tertiary/aromatic N) is 3. The Hall–Kier alpha value is -2.85. The maximum atomic E-state index is 12.5. The van der Waals surface area contributed by atoms with Gasteiger partial charge in [0, 0.05) is 24.8 Å². The van der Waals surface area contributed by atoms with Gasteiger partial charge in [0.15, 0.2) is 0 Å². The lowest BCUT2D eigenvalue weighted by Crippen LogP contribution is -2.53. The molecule has 1 aliphatic rings. The van der Waals surface area contributed by atoms with E-state index in [1.54, 1.807) is 25.3 Å². The van der Waals surface area contributed by atoms with Gasteiger partial charge >= 0.3 is 0 Å². The van der Waals surface area contributed by atoms with Crippen molar-refractivity contribution in [1.82, 2.24) is 9.78 Å². The van der Waals surface area contributed by atoms with E-state index in [4.69, 9.17) is 14.2 Å². The van der Waals surface area contributed by atoms with Crippen LogP contribution in [0.25, 0.3) is 0 Å². The quantitative estimate of drug-likeness (QED) is 0.847. The number of nitriles is 1. The summed E-state index contributed by atoms with van der Waals surface area (Å²) >= 11 is 0. The predicted molar refractivity (Wildman–Crippen MR) is 89.8 cm³/mol. The molecule has 7 heteroatoms. The zero-order chi connectivity index (χ0) is 18.2. The van der Waals surface area contributed by atoms with E-state index in [0.29, 0.717) is 22.8 Å². The summed E-state index contributed by atoms with van der Waals surface area (Å²) in [4.78, 5) is 12.5. The number of aromatic nitrogens is 2. The summed E-state index contributed by atoms with van der Waals surface area (Å²) in [5.74, 6) is 0.913. The van der Waals surface area contributed by atoms with Crippen molar-refractivity contribution in [2.24, 2.45) is 0 Å². The predicted octanol–water partition coefficient (Wildman–Crippen LogP) is 1.90. The molecule has 1 aromatic heterocycles. The van der Waals surface area contributed by atoms with Crippen LogP contribution >= 0.6 is 0 Å². The van der Waals surface area contributed by atoms with Crippen LogP contribution in [0.3, 0.4) is 0 Å². The molecule has 7 nitrogen and oxygen atoms in total. The van der Waals surface area contributed by atoms with Gasteiger partial charge in [-0.3, -0.25) is 4.79 Å². The number of benzene rings is 1. The Labute approximate surface area is 145 Å². The number of hydrogen-bond acceptors (Lipinski definition) is 6. The number of rotatable bonds is 3. The fourth-order valence-electron chi connectivity index (χ4n) is 3.22. The first-order valence-electron chi connectivity index (χ1n) is 7.81. The Morgan fingerprint density at radius 3 is 2.68 bits per heavy atom. The van der Waals surface area contributed by atoms with Crippen LogP contribution in [-0.2, 0) is 4.74 Å². The van der Waals surface area contributed by atoms with Crippen molar-refractivity contribution in [3.05, 3.63) is 51.8 Å². The third kappa shape index (κ3) is 2.85. The molecule has 2 unspecified atom stereocenters. The molecule has 25 heavy (non-hydrogen) atoms. The second-order valence-electron chi connectivity index (χ2n) is 6.33. The molecule has 0 amide bonds. The molecule has 2 heterocycles. The topological polar surface area (TPSA) is 86.4 Å². The Bertz CT molecular complexity index is 898. The average Bonchev–Trinajstić information content (AvgIpc) is 2.60. The monoisotopic (exact) mass is 341 g/mol. The largest absolute Gasteiger partial charge is 0.485 e. The third-order valence-corrected chi connectivity index (χ3v) is 4.33. The fraction of sp³-hybridized carbons (Fsp3) is 0.389. The van der Waals surface area contributed by atoms with Crippen LogP contribution in [0.15, 0.2) is 35.1 Å². The summed E-state index contributed by atoms with van der Waals surface area (Å²) in [5.41, 5.74) is 0.148. The summed E-state index contributed by atoms with van der Waals surface area (Å²) in [6.45, 7) is 3.78. The van der Waals surface area contributed by atoms with Gasteiger partial charge in [0.2, 0.25) is 5.88 Å². The minimum absolute atomic E-state index is 0.293. The summed E-state index contributed by atoms with van der Waals surface area (Å²) in [7, 11) is 3.05. The van der Waals surface area contributed by atoms with Crippen LogP contribution < -0.4 is 15.0 Å². The third-order valence-electron chi connectivity index (χ3n) is 4.33. The zero-order valence-electron chi connectivity index (χ0n) is 14.5. The van der Waals surface area contributed by atoms with Crippen molar-refractivity contribution in [1.29, 1.82) is 5.26 Å². The van der Waals surface area contributed by atoms with Crippen molar-refractivity contribution >= 4 is 0 Å². The standard InChI is InChI=1S/C18H19N3O4/c1-18(2)17(24-4)16(21-15(22)8-7-14(20-21)23-3)12-9-11(10-19)5-6-13(12)25-18/h5-9,16-17H,1-4H3. The van der Waals surface area contributed by atoms with Gasteiger partial charge in [0.1, 0.15) is 23.5 Å². The Morgan fingerprint density at radius 1 is 1.28 bits per heavy atom. The van der Waals surface area contributed by atoms with Gasteiger partial charge < -0.3 is 14.2 Å². The van der Waals surface area contributed by atoms with Crippen molar-refractivity contribution in [3.63, 3.8) is 0 Å². The van der Waals surface area contributed by atoms with Crippen LogP contribution in [-0.4, -0.2) is 35.7 Å². The van der Waals surface area contributed by atoms with Crippen molar-refractivity contribution in [3.8, 4) is 17.7 Å². The van der Waals surface area contributed by atoms with Gasteiger partial charge in [-0.05, 0) is 32.0 Å². The van der Waals surface area contributed by atoms with Crippen LogP contribution in [0.2, 0.25) is 0 Å². The molecule has 3 rings (SSSR count). The molecule has 1 aliphatic heterocycles. The number of hydrogen-bond donors (Lipinski definition) is 0. The van der Waals surface area contributed by atoms with Crippen LogP contribution in [0.5, 0.6) is 11.6 Å². The Kier molecular flexibility index (Phi) is 4.23. The number of fused-ring (bicyclic) bond motifs is 1. The second kappa shape index (κ2) is 6.22. The highest BCUT2D eigenvalue weighted by Crippen LogP contribution is 2.42. The van der Waals surface area contributed by atoms with E-state index in [-0.39, 0.29) is 5.56 Å². The van der Waals surface area contributed by atoms with Crippen molar-refractivity contribution in [2.45, 2.75) is 31.6 Å². The van der Waals surface area contributed by atoms with Crippen LogP contribution in [0.1, 0.15) is 31.0 Å². The maximum absolute atomic E-state index is 12.5. The van der Waals surface area contributed by atoms with Gasteiger partial charge in [0.25, 0.3) is 5.56 Å². The lowest BCUT2D eigenvalue weighted by molar-refractivity contribution is -0.0884. The molecule has 0 aliphatic carbocycles. The van der Waals surface area contributed by atoms with Gasteiger partial charge in [-0.15, -0.1) is 5.10 Å². The van der Waals surface area contributed by atoms with Crippen molar-refractivity contribution < 1.29 is 14.2 Å². The summed E-state index contributed by atoms with van der Waals surface area (Å²) < 4.78 is 18.2. The molecule has 130 valence electrons. The molecule has 1 aromatic carbocycles. The number of methoxy groups -OCH3 is 2. The maximum Gasteiger partial charge on any atom is 0.267 e. The van der Waals surface area contributed by atoms with Gasteiger partial charge in [-0.1, -0.05) is 0 Å². The first-order chi connectivity index (χ1) is 11.9. The van der Waals surface area contributed by atoms with E-state index in [1.165, 1.54) is 23.9 Å². The summed E-state index contributed by atoms with van der Waals surface area (Å²) in [6.07, 6.45) is -0.494. The lowest BCUT2D eigenvalue weighted by atomic mass is 9.85. The molecule has 0 bridgehead atoms. The molecule has 0 saturated carbocycles. The minimum Gasteiger partial charge on any atom is -0.485 e. The Morgan fingerprint density at radius 2 is 2.04 bits per heavy atom. The van der Waals surface area contributed by atoms with E-state index in [0.717, 1.165) is 0 Å². The highest BCUT2D eigenvalue weighted by molar-refractivity contribution is 5.46. The molecule has 0 saturated heterocycles. The van der Waals surface area contributed by atoms with E-state index < -0.39 is 17.7 Å². The summed E-state index contributed by atoms with van der Waals surface area (Å²) in [6, 6.07) is 9.58. The highest BCUT2D eigenvalue weighted by Gasteiger charge is 2.46. The minimum atomic E-state index is -0.704. The first-order valence-corrected chi connectivity index (χ1v) is 7.81. The second-order valence-corrected chi connectivity index (χ2v) is 6.33. The Balaban J connectivity index is 2.29. The normalized spacial score (nSPS) is 20.9. The molecular weight excluding hydrogens is 322 g/mol. The molecule has 0 spiro atoms. The van der Waals surface area contributed by atoms with Crippen LogP contribution in [0.4, 0.5) is 0 Å². The van der Waals surface area contributed by atoms with E-state index in [1.807, 2.05) is 13.8 Å². The smallest absolute Gasteiger partial charge is 0.267 e. The first kappa shape index (κ1) is 17.0. The van der Waals surface area contributed by atoms with Gasteiger partial charge in [-0.25, -0.2) is 4.68 Å². The summed E-state index contributed by atoms with van der Waals surface area (Å²) in [5, 5.41) is 13.5. The van der Waals surface area contributed by atoms with E-state index >= 15 is 0 Å².